The molecule has 8 heteroatoms. The number of aromatic amines is 1. The fourth-order valence-corrected chi connectivity index (χ4v) is 6.13. The van der Waals surface area contributed by atoms with Crippen molar-refractivity contribution in [3.8, 4) is 11.4 Å². The van der Waals surface area contributed by atoms with Crippen LogP contribution in [0.4, 0.5) is 10.2 Å². The number of imidazole rings is 1. The van der Waals surface area contributed by atoms with Crippen LogP contribution in [0.25, 0.3) is 22.4 Å². The fraction of sp³-hybridized carbons (Fsp3) is 0.500. The van der Waals surface area contributed by atoms with E-state index in [9.17, 15) is 9.18 Å². The number of fused-ring (bicyclic) bond motifs is 3. The van der Waals surface area contributed by atoms with Crippen molar-refractivity contribution < 1.29 is 19.0 Å². The van der Waals surface area contributed by atoms with Crippen LogP contribution in [0.3, 0.4) is 0 Å². The van der Waals surface area contributed by atoms with Gasteiger partial charge in [0, 0.05) is 36.7 Å². The summed E-state index contributed by atoms with van der Waals surface area (Å²) >= 11 is 0. The van der Waals surface area contributed by atoms with Crippen LogP contribution in [0.15, 0.2) is 36.5 Å². The summed E-state index contributed by atoms with van der Waals surface area (Å²) in [4.78, 5) is 25.8. The van der Waals surface area contributed by atoms with E-state index < -0.39 is 5.97 Å². The van der Waals surface area contributed by atoms with Gasteiger partial charge in [-0.1, -0.05) is 0 Å². The van der Waals surface area contributed by atoms with E-state index in [2.05, 4.69) is 14.9 Å². The largest absolute Gasteiger partial charge is 0.481 e. The zero-order valence-corrected chi connectivity index (χ0v) is 19.0. The number of carbonyl (C=O) groups is 1. The molecule has 0 radical (unpaired) electrons. The Balaban J connectivity index is 1.06. The maximum atomic E-state index is 13.5. The number of ether oxygens (including phenoxy) is 1. The van der Waals surface area contributed by atoms with Crippen LogP contribution in [-0.4, -0.2) is 50.8 Å². The van der Waals surface area contributed by atoms with E-state index in [1.807, 2.05) is 18.3 Å². The van der Waals surface area contributed by atoms with Crippen molar-refractivity contribution in [2.45, 2.75) is 63.2 Å². The molecule has 0 amide bonds. The van der Waals surface area contributed by atoms with Crippen molar-refractivity contribution in [2.24, 2.45) is 11.8 Å². The first-order chi connectivity index (χ1) is 16.5. The molecule has 3 aromatic rings. The maximum absolute atomic E-state index is 13.5. The van der Waals surface area contributed by atoms with E-state index >= 15 is 0 Å². The second-order valence-electron chi connectivity index (χ2n) is 10.1. The number of H-pyrrole nitrogens is 1. The molecule has 3 aliphatic rings. The molecule has 3 heterocycles. The van der Waals surface area contributed by atoms with E-state index in [0.29, 0.717) is 35.3 Å². The summed E-state index contributed by atoms with van der Waals surface area (Å²) < 4.78 is 20.0. The highest BCUT2D eigenvalue weighted by Crippen LogP contribution is 2.43. The predicted molar refractivity (Wildman–Crippen MR) is 126 cm³/mol. The van der Waals surface area contributed by atoms with Gasteiger partial charge in [0.15, 0.2) is 0 Å². The van der Waals surface area contributed by atoms with Crippen molar-refractivity contribution in [1.82, 2.24) is 15.0 Å². The molecule has 2 aliphatic carbocycles. The lowest BCUT2D eigenvalue weighted by molar-refractivity contribution is -0.138. The lowest BCUT2D eigenvalue weighted by Gasteiger charge is -2.36. The third-order valence-corrected chi connectivity index (χ3v) is 7.86. The summed E-state index contributed by atoms with van der Waals surface area (Å²) in [6.45, 7) is 0.958. The van der Waals surface area contributed by atoms with Gasteiger partial charge in [0.05, 0.1) is 23.2 Å². The molecule has 1 saturated heterocycles. The van der Waals surface area contributed by atoms with Crippen LogP contribution in [0, 0.1) is 17.7 Å². The van der Waals surface area contributed by atoms with Crippen molar-refractivity contribution >= 4 is 22.8 Å². The number of hydrogen-bond donors (Lipinski definition) is 2. The van der Waals surface area contributed by atoms with Crippen molar-refractivity contribution in [2.75, 3.05) is 11.4 Å². The second-order valence-corrected chi connectivity index (χ2v) is 10.1. The molecule has 1 unspecified atom stereocenters. The Morgan fingerprint density at radius 1 is 1.18 bits per heavy atom. The Morgan fingerprint density at radius 3 is 2.74 bits per heavy atom. The van der Waals surface area contributed by atoms with E-state index in [4.69, 9.17) is 14.8 Å². The second kappa shape index (κ2) is 8.65. The van der Waals surface area contributed by atoms with Crippen molar-refractivity contribution in [1.29, 1.82) is 0 Å². The van der Waals surface area contributed by atoms with Gasteiger partial charge in [0.2, 0.25) is 0 Å². The summed E-state index contributed by atoms with van der Waals surface area (Å²) in [6, 6.07) is 9.06. The highest BCUT2D eigenvalue weighted by Gasteiger charge is 2.46. The minimum absolute atomic E-state index is 0.275. The van der Waals surface area contributed by atoms with Crippen molar-refractivity contribution in [3.05, 3.63) is 42.3 Å². The van der Waals surface area contributed by atoms with E-state index in [0.717, 1.165) is 62.0 Å². The van der Waals surface area contributed by atoms with Gasteiger partial charge in [-0.15, -0.1) is 0 Å². The van der Waals surface area contributed by atoms with Gasteiger partial charge in [0.1, 0.15) is 17.5 Å². The Morgan fingerprint density at radius 2 is 2.03 bits per heavy atom. The van der Waals surface area contributed by atoms with E-state index in [1.54, 1.807) is 6.07 Å². The first kappa shape index (κ1) is 21.5. The molecule has 1 aliphatic heterocycles. The Labute approximate surface area is 197 Å². The number of carboxylic acids is 1. The van der Waals surface area contributed by atoms with Gasteiger partial charge in [0.25, 0.3) is 0 Å². The molecule has 2 saturated carbocycles. The number of rotatable bonds is 6. The van der Waals surface area contributed by atoms with Crippen LogP contribution >= 0.6 is 0 Å². The van der Waals surface area contributed by atoms with Gasteiger partial charge >= 0.3 is 5.97 Å². The fourth-order valence-electron chi connectivity index (χ4n) is 6.13. The summed E-state index contributed by atoms with van der Waals surface area (Å²) in [7, 11) is 0. The lowest BCUT2D eigenvalue weighted by Crippen LogP contribution is -2.40. The smallest absolute Gasteiger partial charge is 0.303 e. The zero-order valence-electron chi connectivity index (χ0n) is 19.0. The van der Waals surface area contributed by atoms with E-state index in [-0.39, 0.29) is 18.3 Å². The van der Waals surface area contributed by atoms with Crippen LogP contribution < -0.4 is 4.90 Å². The molecule has 34 heavy (non-hydrogen) atoms. The number of piperidine rings is 1. The molecule has 0 spiro atoms. The molecule has 6 rings (SSSR count). The van der Waals surface area contributed by atoms with Gasteiger partial charge in [-0.3, -0.25) is 4.79 Å². The van der Waals surface area contributed by atoms with Crippen LogP contribution in [0.1, 0.15) is 44.9 Å². The number of nitrogens with zero attached hydrogens (tertiary/aromatic N) is 3. The van der Waals surface area contributed by atoms with Crippen LogP contribution in [0.5, 0.6) is 0 Å². The molecule has 3 atom stereocenters. The van der Waals surface area contributed by atoms with Gasteiger partial charge < -0.3 is 19.7 Å². The molecule has 7 nitrogen and oxygen atoms in total. The normalized spacial score (nSPS) is 28.6. The average molecular weight is 465 g/mol. The predicted octanol–water partition coefficient (Wildman–Crippen LogP) is 4.78. The average Bonchev–Trinajstić information content (AvgIpc) is 3.54. The SMILES string of the molecule is O=C(O)CC1CCC(O[C@@H]2CC3C[C@H]2CN3c2ccc(-c3nc4ccc(F)cc4[nH]3)cn2)CC1. The topological polar surface area (TPSA) is 91.3 Å². The van der Waals surface area contributed by atoms with Crippen molar-refractivity contribution in [3.63, 3.8) is 0 Å². The zero-order chi connectivity index (χ0) is 23.2. The van der Waals surface area contributed by atoms with Gasteiger partial charge in [-0.25, -0.2) is 14.4 Å². The molecule has 178 valence electrons. The summed E-state index contributed by atoms with van der Waals surface area (Å²) in [5.41, 5.74) is 2.29. The first-order valence-corrected chi connectivity index (χ1v) is 12.3. The molecular formula is C26H29FN4O3. The summed E-state index contributed by atoms with van der Waals surface area (Å²) in [5.74, 6) is 1.52. The molecule has 1 aromatic carbocycles. The number of pyridine rings is 1. The first-order valence-electron chi connectivity index (χ1n) is 12.3. The lowest BCUT2D eigenvalue weighted by atomic mass is 9.85. The number of hydrogen-bond acceptors (Lipinski definition) is 5. The minimum Gasteiger partial charge on any atom is -0.481 e. The molecule has 2 aromatic heterocycles. The highest BCUT2D eigenvalue weighted by molar-refractivity contribution is 5.79. The highest BCUT2D eigenvalue weighted by atomic mass is 19.1. The third-order valence-electron chi connectivity index (χ3n) is 7.86. The number of halogens is 1. The maximum Gasteiger partial charge on any atom is 0.303 e. The third kappa shape index (κ3) is 4.15. The molecule has 2 N–H and O–H groups in total. The number of benzene rings is 1. The summed E-state index contributed by atoms with van der Waals surface area (Å²) in [5, 5.41) is 9.01. The number of anilines is 1. The molecular weight excluding hydrogens is 435 g/mol. The Bertz CT molecular complexity index is 1190. The van der Waals surface area contributed by atoms with Gasteiger partial charge in [-0.2, -0.15) is 0 Å². The monoisotopic (exact) mass is 464 g/mol. The minimum atomic E-state index is -0.688. The number of carboxylic acid groups (broad SMARTS) is 1. The molecule has 2 bridgehead atoms. The quantitative estimate of drug-likeness (QED) is 0.546. The number of aliphatic carboxylic acids is 1. The standard InChI is InChI=1S/C26H29FN4O3/c27-18-4-7-21-22(11-18)30-26(29-21)16-3-8-24(28-13-16)31-14-17-10-19(31)12-23(17)34-20-5-1-15(2-6-20)9-25(32)33/h3-4,7-8,11,13,15,17,19-20,23H,1-2,5-6,9-10,12,14H2,(H,29,30)(H,32,33)/t15?,17-,19?,20?,23+/m0/s1. The van der Waals surface area contributed by atoms with Gasteiger partial charge in [-0.05, 0) is 74.8 Å². The summed E-state index contributed by atoms with van der Waals surface area (Å²) in [6.07, 6.45) is 8.74. The van der Waals surface area contributed by atoms with Crippen LogP contribution in [0.2, 0.25) is 0 Å². The Hall–Kier alpha value is -3.00. The molecule has 3 fully saturated rings. The Kier molecular flexibility index (Phi) is 5.48. The number of nitrogens with one attached hydrogen (secondary N) is 1. The number of aromatic nitrogens is 3. The van der Waals surface area contributed by atoms with E-state index in [1.165, 1.54) is 12.1 Å². The van der Waals surface area contributed by atoms with Crippen LogP contribution in [-0.2, 0) is 9.53 Å².